The number of halogens is 2. The van der Waals surface area contributed by atoms with Crippen LogP contribution in [-0.4, -0.2) is 50.9 Å². The fourth-order valence-electron chi connectivity index (χ4n) is 4.42. The minimum Gasteiger partial charge on any atom is -0.495 e. The minimum absolute atomic E-state index is 0.00628. The van der Waals surface area contributed by atoms with E-state index in [1.165, 1.54) is 24.1 Å². The molecule has 3 rings (SSSR count). The predicted molar refractivity (Wildman–Crippen MR) is 168 cm³/mol. The van der Waals surface area contributed by atoms with Crippen molar-refractivity contribution in [2.75, 3.05) is 18.0 Å². The Morgan fingerprint density at radius 2 is 1.64 bits per heavy atom. The smallest absolute Gasteiger partial charge is 0.264 e. The van der Waals surface area contributed by atoms with Crippen molar-refractivity contribution in [1.82, 2.24) is 10.2 Å². The van der Waals surface area contributed by atoms with E-state index in [-0.39, 0.29) is 34.8 Å². The maximum atomic E-state index is 14.2. The molecule has 0 aliphatic heterocycles. The molecule has 0 aliphatic carbocycles. The molecule has 1 N–H and O–H groups in total. The molecular formula is C31H37Cl2N3O5S. The maximum Gasteiger partial charge on any atom is 0.264 e. The predicted octanol–water partition coefficient (Wildman–Crippen LogP) is 6.23. The van der Waals surface area contributed by atoms with E-state index < -0.39 is 28.5 Å². The molecule has 3 aromatic carbocycles. The summed E-state index contributed by atoms with van der Waals surface area (Å²) in [6, 6.07) is 17.0. The molecule has 0 aliphatic rings. The summed E-state index contributed by atoms with van der Waals surface area (Å²) < 4.78 is 34.7. The number of nitrogens with one attached hydrogen (secondary N) is 1. The zero-order valence-corrected chi connectivity index (χ0v) is 26.8. The van der Waals surface area contributed by atoms with Crippen molar-refractivity contribution in [2.24, 2.45) is 0 Å². The number of carbonyl (C=O) groups is 2. The molecule has 0 spiro atoms. The van der Waals surface area contributed by atoms with Gasteiger partial charge in [-0.1, -0.05) is 67.4 Å². The van der Waals surface area contributed by atoms with Crippen molar-refractivity contribution in [3.63, 3.8) is 0 Å². The summed E-state index contributed by atoms with van der Waals surface area (Å²) >= 11 is 12.4. The third-order valence-corrected chi connectivity index (χ3v) is 9.45. The standard InChI is InChI=1S/C31H37Cl2N3O5S/c1-6-22(4)34-31(38)27(7-2)35(19-23-14-15-25(32)26(33)18-23)30(37)20-36(28-17-21(3)13-16-29(28)41-5)42(39,40)24-11-9-8-10-12-24/h8-18,22,27H,6-7,19-20H2,1-5H3,(H,34,38)/t22-,27+/m0/s1. The summed E-state index contributed by atoms with van der Waals surface area (Å²) in [7, 11) is -2.79. The number of methoxy groups -OCH3 is 1. The van der Waals surface area contributed by atoms with Gasteiger partial charge in [0.05, 0.1) is 27.7 Å². The van der Waals surface area contributed by atoms with Gasteiger partial charge in [-0.15, -0.1) is 0 Å². The van der Waals surface area contributed by atoms with Crippen LogP contribution in [0.3, 0.4) is 0 Å². The van der Waals surface area contributed by atoms with Crippen LogP contribution in [0.2, 0.25) is 10.0 Å². The monoisotopic (exact) mass is 633 g/mol. The molecule has 0 fully saturated rings. The molecule has 0 unspecified atom stereocenters. The third kappa shape index (κ3) is 7.96. The van der Waals surface area contributed by atoms with Crippen molar-refractivity contribution in [2.45, 2.75) is 64.1 Å². The zero-order valence-electron chi connectivity index (χ0n) is 24.4. The van der Waals surface area contributed by atoms with E-state index in [1.807, 2.05) is 20.8 Å². The number of anilines is 1. The van der Waals surface area contributed by atoms with Crippen LogP contribution >= 0.6 is 23.2 Å². The van der Waals surface area contributed by atoms with E-state index in [0.717, 1.165) is 9.87 Å². The Morgan fingerprint density at radius 3 is 2.24 bits per heavy atom. The van der Waals surface area contributed by atoms with Crippen molar-refractivity contribution in [3.8, 4) is 5.75 Å². The molecule has 0 aromatic heterocycles. The number of aryl methyl sites for hydroxylation is 1. The van der Waals surface area contributed by atoms with Gasteiger partial charge >= 0.3 is 0 Å². The van der Waals surface area contributed by atoms with Crippen LogP contribution in [0.4, 0.5) is 5.69 Å². The number of ether oxygens (including phenoxy) is 1. The van der Waals surface area contributed by atoms with Gasteiger partial charge in [0, 0.05) is 12.6 Å². The Balaban J connectivity index is 2.13. The van der Waals surface area contributed by atoms with Gasteiger partial charge in [-0.05, 0) is 74.2 Å². The molecule has 11 heteroatoms. The second-order valence-corrected chi connectivity index (χ2v) is 12.7. The lowest BCUT2D eigenvalue weighted by molar-refractivity contribution is -0.140. The number of hydrogen-bond acceptors (Lipinski definition) is 5. The topological polar surface area (TPSA) is 96.0 Å². The van der Waals surface area contributed by atoms with Gasteiger partial charge in [0.25, 0.3) is 10.0 Å². The van der Waals surface area contributed by atoms with Crippen LogP contribution in [0, 0.1) is 6.92 Å². The highest BCUT2D eigenvalue weighted by Crippen LogP contribution is 2.34. The summed E-state index contributed by atoms with van der Waals surface area (Å²) in [4.78, 5) is 29.1. The number of sulfonamides is 1. The van der Waals surface area contributed by atoms with Gasteiger partial charge in [0.1, 0.15) is 18.3 Å². The average molecular weight is 635 g/mol. The summed E-state index contributed by atoms with van der Waals surface area (Å²) in [5.41, 5.74) is 1.62. The van der Waals surface area contributed by atoms with Crippen LogP contribution in [0.5, 0.6) is 5.75 Å². The highest BCUT2D eigenvalue weighted by Gasteiger charge is 2.35. The Hall–Kier alpha value is -3.27. The molecule has 0 saturated heterocycles. The third-order valence-electron chi connectivity index (χ3n) is 6.94. The number of nitrogens with zero attached hydrogens (tertiary/aromatic N) is 2. The second kappa shape index (κ2) is 14.8. The molecule has 8 nitrogen and oxygen atoms in total. The van der Waals surface area contributed by atoms with E-state index in [2.05, 4.69) is 5.32 Å². The highest BCUT2D eigenvalue weighted by molar-refractivity contribution is 7.92. The summed E-state index contributed by atoms with van der Waals surface area (Å²) in [6.45, 7) is 6.89. The number of benzene rings is 3. The van der Waals surface area contributed by atoms with Crippen LogP contribution in [0.15, 0.2) is 71.6 Å². The van der Waals surface area contributed by atoms with Crippen LogP contribution in [-0.2, 0) is 26.2 Å². The average Bonchev–Trinajstić information content (AvgIpc) is 2.97. The Kier molecular flexibility index (Phi) is 11.7. The Bertz CT molecular complexity index is 1500. The highest BCUT2D eigenvalue weighted by atomic mass is 35.5. The van der Waals surface area contributed by atoms with Gasteiger partial charge in [-0.25, -0.2) is 8.42 Å². The molecule has 0 bridgehead atoms. The van der Waals surface area contributed by atoms with E-state index in [0.29, 0.717) is 28.5 Å². The molecule has 226 valence electrons. The zero-order chi connectivity index (χ0) is 31.0. The van der Waals surface area contributed by atoms with E-state index >= 15 is 0 Å². The van der Waals surface area contributed by atoms with Crippen LogP contribution < -0.4 is 14.4 Å². The molecule has 3 aromatic rings. The maximum absolute atomic E-state index is 14.2. The number of rotatable bonds is 13. The fourth-order valence-corrected chi connectivity index (χ4v) is 6.18. The molecular weight excluding hydrogens is 597 g/mol. The van der Waals surface area contributed by atoms with Crippen molar-refractivity contribution in [1.29, 1.82) is 0 Å². The van der Waals surface area contributed by atoms with Gasteiger partial charge in [0.15, 0.2) is 0 Å². The molecule has 0 heterocycles. The first-order valence-electron chi connectivity index (χ1n) is 13.7. The fraction of sp³-hybridized carbons (Fsp3) is 0.355. The SMILES string of the molecule is CC[C@H](C(=O)N[C@@H](C)CC)N(Cc1ccc(Cl)c(Cl)c1)C(=O)CN(c1cc(C)ccc1OC)S(=O)(=O)c1ccccc1. The lowest BCUT2D eigenvalue weighted by Crippen LogP contribution is -2.53. The number of carbonyl (C=O) groups excluding carboxylic acids is 2. The summed E-state index contributed by atoms with van der Waals surface area (Å²) in [6.07, 6.45) is 1.01. The summed E-state index contributed by atoms with van der Waals surface area (Å²) in [5.74, 6) is -0.619. The van der Waals surface area contributed by atoms with Crippen molar-refractivity contribution < 1.29 is 22.7 Å². The second-order valence-electron chi connectivity index (χ2n) is 10.0. The molecule has 2 atom stereocenters. The summed E-state index contributed by atoms with van der Waals surface area (Å²) in [5, 5.41) is 3.61. The quantitative estimate of drug-likeness (QED) is 0.241. The van der Waals surface area contributed by atoms with Crippen LogP contribution in [0.1, 0.15) is 44.7 Å². The molecule has 42 heavy (non-hydrogen) atoms. The largest absolute Gasteiger partial charge is 0.495 e. The van der Waals surface area contributed by atoms with Gasteiger partial charge in [0.2, 0.25) is 11.8 Å². The first-order valence-corrected chi connectivity index (χ1v) is 15.9. The van der Waals surface area contributed by atoms with E-state index in [4.69, 9.17) is 27.9 Å². The van der Waals surface area contributed by atoms with Crippen LogP contribution in [0.25, 0.3) is 0 Å². The van der Waals surface area contributed by atoms with Crippen molar-refractivity contribution in [3.05, 3.63) is 87.9 Å². The molecule has 0 saturated carbocycles. The Morgan fingerprint density at radius 1 is 0.952 bits per heavy atom. The van der Waals surface area contributed by atoms with E-state index in [9.17, 15) is 18.0 Å². The van der Waals surface area contributed by atoms with Gasteiger partial charge in [-0.3, -0.25) is 13.9 Å². The lowest BCUT2D eigenvalue weighted by atomic mass is 10.1. The van der Waals surface area contributed by atoms with E-state index in [1.54, 1.807) is 61.5 Å². The molecule has 2 amide bonds. The minimum atomic E-state index is -4.23. The lowest BCUT2D eigenvalue weighted by Gasteiger charge is -2.34. The van der Waals surface area contributed by atoms with Crippen molar-refractivity contribution >= 4 is 50.7 Å². The van der Waals surface area contributed by atoms with Gasteiger partial charge in [-0.2, -0.15) is 0 Å². The van der Waals surface area contributed by atoms with Gasteiger partial charge < -0.3 is 15.0 Å². The first-order chi connectivity index (χ1) is 19.9. The molecule has 0 radical (unpaired) electrons. The normalized spacial score (nSPS) is 12.7. The first kappa shape index (κ1) is 33.2. The number of hydrogen-bond donors (Lipinski definition) is 1. The Labute approximate surface area is 258 Å². The number of amides is 2.